The smallest absolute Gasteiger partial charge is 0.417 e. The maximum atomic E-state index is 13.1. The molecule has 0 aliphatic rings. The fourth-order valence-electron chi connectivity index (χ4n) is 2.50. The lowest BCUT2D eigenvalue weighted by atomic mass is 10.1. The molecule has 1 amide bonds. The number of aromatic nitrogens is 1. The summed E-state index contributed by atoms with van der Waals surface area (Å²) in [5, 5.41) is 3.20. The first-order valence-electron chi connectivity index (χ1n) is 7.30. The number of halogens is 3. The number of amides is 1. The number of alkyl halides is 3. The van der Waals surface area contributed by atoms with Gasteiger partial charge in [0.2, 0.25) is 0 Å². The van der Waals surface area contributed by atoms with Crippen LogP contribution in [0, 0.1) is 0 Å². The van der Waals surface area contributed by atoms with E-state index in [0.29, 0.717) is 16.7 Å². The minimum Gasteiger partial charge on any atom is -0.497 e. The predicted molar refractivity (Wildman–Crippen MR) is 87.7 cm³/mol. The number of anilines is 1. The van der Waals surface area contributed by atoms with E-state index in [1.54, 1.807) is 18.2 Å². The molecule has 4 nitrogen and oxygen atoms in total. The van der Waals surface area contributed by atoms with Crippen LogP contribution in [-0.4, -0.2) is 18.0 Å². The zero-order valence-corrected chi connectivity index (χ0v) is 13.1. The summed E-state index contributed by atoms with van der Waals surface area (Å²) in [7, 11) is 1.46. The van der Waals surface area contributed by atoms with Gasteiger partial charge >= 0.3 is 6.18 Å². The van der Waals surface area contributed by atoms with Crippen molar-refractivity contribution >= 4 is 22.5 Å². The topological polar surface area (TPSA) is 51.2 Å². The number of pyridine rings is 1. The van der Waals surface area contributed by atoms with Crippen LogP contribution in [-0.2, 0) is 6.18 Å². The van der Waals surface area contributed by atoms with Gasteiger partial charge in [-0.1, -0.05) is 18.2 Å². The Balaban J connectivity index is 2.04. The Kier molecular flexibility index (Phi) is 4.31. The third-order valence-electron chi connectivity index (χ3n) is 3.64. The Morgan fingerprint density at radius 3 is 2.60 bits per heavy atom. The predicted octanol–water partition coefficient (Wildman–Crippen LogP) is 4.51. The molecule has 1 heterocycles. The molecule has 3 aromatic rings. The number of hydrogen-bond donors (Lipinski definition) is 1. The molecule has 0 radical (unpaired) electrons. The van der Waals surface area contributed by atoms with Crippen molar-refractivity contribution in [3.8, 4) is 5.75 Å². The van der Waals surface area contributed by atoms with E-state index < -0.39 is 23.2 Å². The molecule has 0 bridgehead atoms. The fourth-order valence-corrected chi connectivity index (χ4v) is 2.50. The zero-order valence-electron chi connectivity index (χ0n) is 13.1. The first kappa shape index (κ1) is 16.8. The summed E-state index contributed by atoms with van der Waals surface area (Å²) in [6.45, 7) is 0. The number of nitrogens with one attached hydrogen (secondary N) is 1. The van der Waals surface area contributed by atoms with E-state index >= 15 is 0 Å². The van der Waals surface area contributed by atoms with Crippen molar-refractivity contribution < 1.29 is 22.7 Å². The van der Waals surface area contributed by atoms with Gasteiger partial charge in [0.1, 0.15) is 5.75 Å². The molecule has 1 N–H and O–H groups in total. The average Bonchev–Trinajstić information content (AvgIpc) is 2.60. The molecule has 0 aliphatic heterocycles. The van der Waals surface area contributed by atoms with Crippen LogP contribution >= 0.6 is 0 Å². The van der Waals surface area contributed by atoms with Crippen LogP contribution < -0.4 is 10.1 Å². The first-order chi connectivity index (χ1) is 11.9. The Labute approximate surface area is 141 Å². The molecule has 0 unspecified atom stereocenters. The summed E-state index contributed by atoms with van der Waals surface area (Å²) >= 11 is 0. The van der Waals surface area contributed by atoms with Gasteiger partial charge in [0.25, 0.3) is 5.91 Å². The van der Waals surface area contributed by atoms with E-state index in [1.165, 1.54) is 31.5 Å². The van der Waals surface area contributed by atoms with Crippen molar-refractivity contribution in [2.24, 2.45) is 0 Å². The van der Waals surface area contributed by atoms with Gasteiger partial charge in [-0.05, 0) is 24.3 Å². The normalized spacial score (nSPS) is 11.4. The molecular formula is C18H13F3N2O2. The monoisotopic (exact) mass is 346 g/mol. The lowest BCUT2D eigenvalue weighted by molar-refractivity contribution is -0.137. The van der Waals surface area contributed by atoms with Crippen molar-refractivity contribution in [2.75, 3.05) is 12.4 Å². The molecule has 0 saturated heterocycles. The first-order valence-corrected chi connectivity index (χ1v) is 7.30. The molecule has 0 aliphatic carbocycles. The number of carbonyl (C=O) groups excluding carboxylic acids is 1. The minimum atomic E-state index is -4.62. The van der Waals surface area contributed by atoms with Crippen molar-refractivity contribution in [3.63, 3.8) is 0 Å². The number of ether oxygens (including phenoxy) is 1. The quantitative estimate of drug-likeness (QED) is 0.759. The Hall–Kier alpha value is -3.09. The van der Waals surface area contributed by atoms with Crippen LogP contribution in [0.5, 0.6) is 5.75 Å². The highest BCUT2D eigenvalue weighted by Crippen LogP contribution is 2.33. The van der Waals surface area contributed by atoms with Crippen molar-refractivity contribution in [1.82, 2.24) is 4.98 Å². The van der Waals surface area contributed by atoms with Gasteiger partial charge in [0, 0.05) is 17.6 Å². The third kappa shape index (κ3) is 3.40. The maximum Gasteiger partial charge on any atom is 0.417 e. The van der Waals surface area contributed by atoms with E-state index in [0.717, 1.165) is 12.1 Å². The van der Waals surface area contributed by atoms with Crippen LogP contribution in [0.25, 0.3) is 10.9 Å². The molecule has 0 saturated carbocycles. The van der Waals surface area contributed by atoms with Gasteiger partial charge in [-0.3, -0.25) is 9.78 Å². The molecule has 0 atom stereocenters. The number of carbonyl (C=O) groups is 1. The van der Waals surface area contributed by atoms with Crippen LogP contribution in [0.4, 0.5) is 18.9 Å². The van der Waals surface area contributed by atoms with Gasteiger partial charge in [-0.25, -0.2) is 0 Å². The average molecular weight is 346 g/mol. The molecule has 7 heteroatoms. The van der Waals surface area contributed by atoms with E-state index in [9.17, 15) is 18.0 Å². The van der Waals surface area contributed by atoms with Crippen LogP contribution in [0.1, 0.15) is 15.9 Å². The number of benzene rings is 2. The number of fused-ring (bicyclic) bond motifs is 1. The summed E-state index contributed by atoms with van der Waals surface area (Å²) in [4.78, 5) is 16.6. The standard InChI is InChI=1S/C18H13F3N2O2/c1-25-12-9-11-5-4-8-22-16(11)15(10-12)23-17(24)13-6-2-3-7-14(13)18(19,20)21/h2-10H,1H3,(H,23,24). The largest absolute Gasteiger partial charge is 0.497 e. The van der Waals surface area contributed by atoms with E-state index in [4.69, 9.17) is 4.74 Å². The summed E-state index contributed by atoms with van der Waals surface area (Å²) in [5.74, 6) is -0.409. The second-order valence-electron chi connectivity index (χ2n) is 5.25. The summed E-state index contributed by atoms with van der Waals surface area (Å²) in [6, 6.07) is 11.3. The molecule has 0 spiro atoms. The molecular weight excluding hydrogens is 333 g/mol. The maximum absolute atomic E-state index is 13.1. The van der Waals surface area contributed by atoms with Crippen LogP contribution in [0.15, 0.2) is 54.7 Å². The minimum absolute atomic E-state index is 0.275. The number of rotatable bonds is 3. The fraction of sp³-hybridized carbons (Fsp3) is 0.111. The lowest BCUT2D eigenvalue weighted by Crippen LogP contribution is -2.18. The molecule has 128 valence electrons. The SMILES string of the molecule is COc1cc(NC(=O)c2ccccc2C(F)(F)F)c2ncccc2c1. The molecule has 0 fully saturated rings. The summed E-state index contributed by atoms with van der Waals surface area (Å²) in [5.41, 5.74) is -0.715. The summed E-state index contributed by atoms with van der Waals surface area (Å²) in [6.07, 6.45) is -3.09. The van der Waals surface area contributed by atoms with Crippen molar-refractivity contribution in [3.05, 3.63) is 65.9 Å². The third-order valence-corrected chi connectivity index (χ3v) is 3.64. The van der Waals surface area contributed by atoms with Gasteiger partial charge in [0.15, 0.2) is 0 Å². The van der Waals surface area contributed by atoms with Crippen molar-refractivity contribution in [2.45, 2.75) is 6.18 Å². The molecule has 25 heavy (non-hydrogen) atoms. The van der Waals surface area contributed by atoms with Gasteiger partial charge in [-0.15, -0.1) is 0 Å². The summed E-state index contributed by atoms with van der Waals surface area (Å²) < 4.78 is 44.5. The van der Waals surface area contributed by atoms with Crippen molar-refractivity contribution in [1.29, 1.82) is 0 Å². The number of methoxy groups -OCH3 is 1. The highest BCUT2D eigenvalue weighted by Gasteiger charge is 2.34. The second kappa shape index (κ2) is 6.43. The Bertz CT molecular complexity index is 939. The van der Waals surface area contributed by atoms with E-state index in [-0.39, 0.29) is 5.69 Å². The Morgan fingerprint density at radius 2 is 1.88 bits per heavy atom. The van der Waals surface area contributed by atoms with E-state index in [2.05, 4.69) is 10.3 Å². The van der Waals surface area contributed by atoms with Gasteiger partial charge in [0.05, 0.1) is 29.4 Å². The number of hydrogen-bond acceptors (Lipinski definition) is 3. The highest BCUT2D eigenvalue weighted by molar-refractivity contribution is 6.09. The van der Waals surface area contributed by atoms with Gasteiger partial charge in [-0.2, -0.15) is 13.2 Å². The van der Waals surface area contributed by atoms with E-state index in [1.807, 2.05) is 0 Å². The lowest BCUT2D eigenvalue weighted by Gasteiger charge is -2.14. The molecule has 3 rings (SSSR count). The Morgan fingerprint density at radius 1 is 1.12 bits per heavy atom. The van der Waals surface area contributed by atoms with Crippen LogP contribution in [0.2, 0.25) is 0 Å². The van der Waals surface area contributed by atoms with Gasteiger partial charge < -0.3 is 10.1 Å². The second-order valence-corrected chi connectivity index (χ2v) is 5.25. The molecule has 1 aromatic heterocycles. The highest BCUT2D eigenvalue weighted by atomic mass is 19.4. The molecule has 2 aromatic carbocycles. The zero-order chi connectivity index (χ0) is 18.0. The van der Waals surface area contributed by atoms with Crippen LogP contribution in [0.3, 0.4) is 0 Å². The number of nitrogens with zero attached hydrogens (tertiary/aromatic N) is 1.